The second-order valence-corrected chi connectivity index (χ2v) is 5.54. The maximum absolute atomic E-state index is 13.0. The maximum Gasteiger partial charge on any atom is 0.259 e. The number of carbonyl (C=O) groups excluding carboxylic acids is 1. The molecule has 20 heavy (non-hydrogen) atoms. The molecule has 4 N–H and O–H groups in total. The molecular formula is C12H9Br2FN4O. The van der Waals surface area contributed by atoms with Crippen LogP contribution in [0.15, 0.2) is 39.4 Å². The minimum absolute atomic E-state index is 0.240. The van der Waals surface area contributed by atoms with Gasteiger partial charge in [0.25, 0.3) is 5.91 Å². The predicted molar refractivity (Wildman–Crippen MR) is 81.8 cm³/mol. The highest BCUT2D eigenvalue weighted by Crippen LogP contribution is 2.25. The molecule has 0 saturated heterocycles. The van der Waals surface area contributed by atoms with E-state index < -0.39 is 11.7 Å². The summed E-state index contributed by atoms with van der Waals surface area (Å²) in [4.78, 5) is 16.2. The van der Waals surface area contributed by atoms with E-state index in [1.165, 1.54) is 24.4 Å². The highest BCUT2D eigenvalue weighted by molar-refractivity contribution is 9.10. The number of nitrogens with zero attached hydrogens (tertiary/aromatic N) is 1. The zero-order valence-corrected chi connectivity index (χ0v) is 13.1. The number of anilines is 2. The molecule has 2 rings (SSSR count). The van der Waals surface area contributed by atoms with Gasteiger partial charge >= 0.3 is 0 Å². The third-order valence-electron chi connectivity index (χ3n) is 2.42. The van der Waals surface area contributed by atoms with Crippen LogP contribution >= 0.6 is 31.9 Å². The lowest BCUT2D eigenvalue weighted by Gasteiger charge is -2.10. The molecule has 1 amide bonds. The van der Waals surface area contributed by atoms with E-state index in [0.29, 0.717) is 14.6 Å². The fraction of sp³-hybridized carbons (Fsp3) is 0. The van der Waals surface area contributed by atoms with Gasteiger partial charge in [-0.15, -0.1) is 0 Å². The van der Waals surface area contributed by atoms with Gasteiger partial charge in [-0.1, -0.05) is 0 Å². The number of nitrogen functional groups attached to an aromatic ring is 1. The number of nitrogens with two attached hydrogens (primary N) is 1. The Morgan fingerprint density at radius 2 is 2.05 bits per heavy atom. The van der Waals surface area contributed by atoms with Crippen LogP contribution in [-0.4, -0.2) is 10.9 Å². The van der Waals surface area contributed by atoms with Gasteiger partial charge in [-0.2, -0.15) is 0 Å². The lowest BCUT2D eigenvalue weighted by molar-refractivity contribution is 0.102. The topological polar surface area (TPSA) is 80.0 Å². The van der Waals surface area contributed by atoms with Crippen LogP contribution in [0.25, 0.3) is 0 Å². The van der Waals surface area contributed by atoms with Crippen molar-refractivity contribution >= 4 is 49.3 Å². The molecule has 1 aromatic carbocycles. The van der Waals surface area contributed by atoms with Gasteiger partial charge < -0.3 is 10.7 Å². The fourth-order valence-corrected chi connectivity index (χ4v) is 2.29. The zero-order chi connectivity index (χ0) is 14.7. The van der Waals surface area contributed by atoms with Crippen molar-refractivity contribution in [3.63, 3.8) is 0 Å². The minimum atomic E-state index is -0.418. The van der Waals surface area contributed by atoms with E-state index >= 15 is 0 Å². The molecule has 8 heteroatoms. The first-order valence-electron chi connectivity index (χ1n) is 5.40. The number of rotatable bonds is 3. The predicted octanol–water partition coefficient (Wildman–Crippen LogP) is 3.28. The van der Waals surface area contributed by atoms with Crippen molar-refractivity contribution in [1.82, 2.24) is 4.98 Å². The molecule has 0 unspecified atom stereocenters. The van der Waals surface area contributed by atoms with Gasteiger partial charge in [0.05, 0.1) is 11.3 Å². The molecule has 0 saturated carbocycles. The summed E-state index contributed by atoms with van der Waals surface area (Å²) in [7, 11) is 0. The largest absolute Gasteiger partial charge is 0.321 e. The third-order valence-corrected chi connectivity index (χ3v) is 3.50. The third kappa shape index (κ3) is 3.33. The van der Waals surface area contributed by atoms with E-state index in [2.05, 4.69) is 47.6 Å². The van der Waals surface area contributed by atoms with Crippen molar-refractivity contribution in [1.29, 1.82) is 0 Å². The molecule has 0 aliphatic rings. The SMILES string of the molecule is NNc1ncc(Br)cc1C(=O)Nc1ccc(F)cc1Br. The number of halogens is 3. The van der Waals surface area contributed by atoms with Crippen LogP contribution in [0.2, 0.25) is 0 Å². The lowest BCUT2D eigenvalue weighted by atomic mass is 10.2. The average Bonchev–Trinajstić information content (AvgIpc) is 2.41. The Morgan fingerprint density at radius 3 is 2.70 bits per heavy atom. The highest BCUT2D eigenvalue weighted by Gasteiger charge is 2.14. The van der Waals surface area contributed by atoms with Crippen LogP contribution in [0.5, 0.6) is 0 Å². The molecule has 2 aromatic rings. The van der Waals surface area contributed by atoms with Crippen LogP contribution in [0.1, 0.15) is 10.4 Å². The summed E-state index contributed by atoms with van der Waals surface area (Å²) in [5.41, 5.74) is 3.05. The Hall–Kier alpha value is -1.51. The van der Waals surface area contributed by atoms with Crippen LogP contribution in [0, 0.1) is 5.82 Å². The maximum atomic E-state index is 13.0. The second kappa shape index (κ2) is 6.29. The number of carbonyl (C=O) groups is 1. The van der Waals surface area contributed by atoms with Crippen LogP contribution in [0.3, 0.4) is 0 Å². The van der Waals surface area contributed by atoms with Gasteiger partial charge in [0.15, 0.2) is 5.82 Å². The number of aromatic nitrogens is 1. The Bertz CT molecular complexity index is 666. The Labute approximate surface area is 131 Å². The average molecular weight is 404 g/mol. The molecule has 0 radical (unpaired) electrons. The number of hydrogen-bond donors (Lipinski definition) is 3. The molecule has 5 nitrogen and oxygen atoms in total. The summed E-state index contributed by atoms with van der Waals surface area (Å²) in [5.74, 6) is 4.74. The first kappa shape index (κ1) is 14.9. The van der Waals surface area contributed by atoms with Crippen molar-refractivity contribution in [3.05, 3.63) is 50.8 Å². The van der Waals surface area contributed by atoms with Gasteiger partial charge in [-0.05, 0) is 56.1 Å². The molecule has 1 heterocycles. The van der Waals surface area contributed by atoms with Crippen LogP contribution < -0.4 is 16.6 Å². The van der Waals surface area contributed by atoms with Crippen LogP contribution in [0.4, 0.5) is 15.9 Å². The van der Waals surface area contributed by atoms with E-state index in [0.717, 1.165) is 0 Å². The molecule has 0 fully saturated rings. The Morgan fingerprint density at radius 1 is 1.30 bits per heavy atom. The summed E-state index contributed by atoms with van der Waals surface area (Å²) in [5, 5.41) is 2.65. The zero-order valence-electron chi connectivity index (χ0n) is 9.95. The first-order valence-corrected chi connectivity index (χ1v) is 6.98. The lowest BCUT2D eigenvalue weighted by Crippen LogP contribution is -2.18. The summed E-state index contributed by atoms with van der Waals surface area (Å²) in [6.45, 7) is 0. The molecule has 0 spiro atoms. The number of hydrogen-bond acceptors (Lipinski definition) is 4. The smallest absolute Gasteiger partial charge is 0.259 e. The molecule has 104 valence electrons. The molecule has 0 aliphatic carbocycles. The first-order chi connectivity index (χ1) is 9.51. The van der Waals surface area contributed by atoms with Crippen molar-refractivity contribution in [2.75, 3.05) is 10.7 Å². The Balaban J connectivity index is 2.30. The van der Waals surface area contributed by atoms with E-state index in [9.17, 15) is 9.18 Å². The number of pyridine rings is 1. The van der Waals surface area contributed by atoms with Crippen LogP contribution in [-0.2, 0) is 0 Å². The summed E-state index contributed by atoms with van der Waals surface area (Å²) in [6.07, 6.45) is 1.51. The fourth-order valence-electron chi connectivity index (χ4n) is 1.51. The van der Waals surface area contributed by atoms with Gasteiger partial charge in [0.1, 0.15) is 5.82 Å². The normalized spacial score (nSPS) is 10.2. The van der Waals surface area contributed by atoms with Crippen molar-refractivity contribution < 1.29 is 9.18 Å². The van der Waals surface area contributed by atoms with Gasteiger partial charge in [0, 0.05) is 15.1 Å². The molecule has 1 aromatic heterocycles. The van der Waals surface area contributed by atoms with E-state index in [4.69, 9.17) is 5.84 Å². The van der Waals surface area contributed by atoms with Gasteiger partial charge in [0.2, 0.25) is 0 Å². The second-order valence-electron chi connectivity index (χ2n) is 3.77. The number of hydrazine groups is 1. The van der Waals surface area contributed by atoms with Gasteiger partial charge in [-0.25, -0.2) is 15.2 Å². The Kier molecular flexibility index (Phi) is 4.69. The monoisotopic (exact) mass is 402 g/mol. The molecule has 0 atom stereocenters. The highest BCUT2D eigenvalue weighted by atomic mass is 79.9. The van der Waals surface area contributed by atoms with Crippen molar-refractivity contribution in [2.24, 2.45) is 5.84 Å². The number of amides is 1. The quantitative estimate of drug-likeness (QED) is 0.542. The van der Waals surface area contributed by atoms with E-state index in [-0.39, 0.29) is 11.4 Å². The summed E-state index contributed by atoms with van der Waals surface area (Å²) < 4.78 is 14.1. The molecular weight excluding hydrogens is 395 g/mol. The van der Waals surface area contributed by atoms with E-state index in [1.54, 1.807) is 6.07 Å². The van der Waals surface area contributed by atoms with Crippen molar-refractivity contribution in [2.45, 2.75) is 0 Å². The van der Waals surface area contributed by atoms with E-state index in [1.807, 2.05) is 0 Å². The van der Waals surface area contributed by atoms with Gasteiger partial charge in [-0.3, -0.25) is 4.79 Å². The molecule has 0 bridgehead atoms. The standard InChI is InChI=1S/C12H9Br2FN4O/c13-6-3-8(11(19-16)17-5-6)12(20)18-10-2-1-7(15)4-9(10)14/h1-5H,16H2,(H,17,19)(H,18,20). The molecule has 0 aliphatic heterocycles. The number of benzene rings is 1. The minimum Gasteiger partial charge on any atom is -0.321 e. The van der Waals surface area contributed by atoms with Crippen molar-refractivity contribution in [3.8, 4) is 0 Å². The summed E-state index contributed by atoms with van der Waals surface area (Å²) in [6, 6.07) is 5.55. The number of nitrogens with one attached hydrogen (secondary N) is 2. The summed E-state index contributed by atoms with van der Waals surface area (Å²) >= 11 is 6.41.